The molecule has 2 amide bonds. The fourth-order valence-electron chi connectivity index (χ4n) is 4.08. The number of carbonyl (C=O) groups is 2. The van der Waals surface area contributed by atoms with Crippen LogP contribution in [0, 0.1) is 0 Å². The Kier molecular flexibility index (Phi) is 4.28. The molecule has 0 bridgehead atoms. The number of amides is 2. The summed E-state index contributed by atoms with van der Waals surface area (Å²) in [7, 11) is 1.89. The second-order valence-corrected chi connectivity index (χ2v) is 6.71. The minimum Gasteiger partial charge on any atom is -0.347 e. The first kappa shape index (κ1) is 15.8. The van der Waals surface area contributed by atoms with Crippen molar-refractivity contribution >= 4 is 11.8 Å². The zero-order valence-corrected chi connectivity index (χ0v) is 13.8. The average Bonchev–Trinajstić information content (AvgIpc) is 2.97. The van der Waals surface area contributed by atoms with E-state index in [1.807, 2.05) is 39.7 Å². The fraction of sp³-hybridized carbons (Fsp3) is 0.556. The van der Waals surface area contributed by atoms with Crippen LogP contribution in [0.5, 0.6) is 0 Å². The molecule has 0 unspecified atom stereocenters. The van der Waals surface area contributed by atoms with Crippen LogP contribution in [0.1, 0.15) is 42.6 Å². The second-order valence-electron chi connectivity index (χ2n) is 6.71. The molecule has 1 spiro atoms. The van der Waals surface area contributed by atoms with Gasteiger partial charge in [-0.1, -0.05) is 6.08 Å². The predicted molar refractivity (Wildman–Crippen MR) is 89.0 cm³/mol. The molecule has 124 valence electrons. The zero-order valence-electron chi connectivity index (χ0n) is 13.8. The molecule has 2 fully saturated rings. The van der Waals surface area contributed by atoms with E-state index in [-0.39, 0.29) is 17.4 Å². The van der Waals surface area contributed by atoms with E-state index in [4.69, 9.17) is 0 Å². The molecule has 0 aliphatic carbocycles. The monoisotopic (exact) mass is 315 g/mol. The van der Waals surface area contributed by atoms with E-state index in [1.165, 1.54) is 0 Å². The van der Waals surface area contributed by atoms with Crippen molar-refractivity contribution in [1.82, 2.24) is 14.4 Å². The maximum Gasteiger partial charge on any atom is 0.270 e. The Balaban J connectivity index is 1.84. The molecular weight excluding hydrogens is 290 g/mol. The minimum atomic E-state index is -0.206. The number of hydrogen-bond donors (Lipinski definition) is 0. The lowest BCUT2D eigenvalue weighted by molar-refractivity contribution is -0.143. The molecule has 3 heterocycles. The zero-order chi connectivity index (χ0) is 16.4. The molecule has 0 N–H and O–H groups in total. The van der Waals surface area contributed by atoms with E-state index in [0.717, 1.165) is 32.2 Å². The summed E-state index contributed by atoms with van der Waals surface area (Å²) in [5, 5.41) is 0. The maximum absolute atomic E-state index is 12.8. The van der Waals surface area contributed by atoms with Gasteiger partial charge in [0.2, 0.25) is 5.91 Å². The van der Waals surface area contributed by atoms with Crippen LogP contribution in [-0.2, 0) is 11.8 Å². The molecule has 1 atom stereocenters. The van der Waals surface area contributed by atoms with Gasteiger partial charge < -0.3 is 14.4 Å². The number of carbonyl (C=O) groups excluding carboxylic acids is 2. The van der Waals surface area contributed by atoms with Crippen molar-refractivity contribution < 1.29 is 9.59 Å². The van der Waals surface area contributed by atoms with Crippen molar-refractivity contribution in [1.29, 1.82) is 0 Å². The van der Waals surface area contributed by atoms with E-state index >= 15 is 0 Å². The minimum absolute atomic E-state index is 0.0631. The van der Waals surface area contributed by atoms with E-state index in [9.17, 15) is 9.59 Å². The molecule has 0 radical (unpaired) electrons. The summed E-state index contributed by atoms with van der Waals surface area (Å²) in [6.45, 7) is 5.77. The lowest BCUT2D eigenvalue weighted by Gasteiger charge is -2.51. The van der Waals surface area contributed by atoms with Gasteiger partial charge >= 0.3 is 0 Å². The number of likely N-dealkylation sites (tertiary alicyclic amines) is 2. The van der Waals surface area contributed by atoms with Crippen molar-refractivity contribution in [2.24, 2.45) is 7.05 Å². The second kappa shape index (κ2) is 6.22. The third-order valence-corrected chi connectivity index (χ3v) is 5.22. The van der Waals surface area contributed by atoms with Gasteiger partial charge in [-0.25, -0.2) is 0 Å². The van der Waals surface area contributed by atoms with Crippen LogP contribution < -0.4 is 0 Å². The Hall–Kier alpha value is -2.04. The highest BCUT2D eigenvalue weighted by Gasteiger charge is 2.45. The predicted octanol–water partition coefficient (Wildman–Crippen LogP) is 2.20. The van der Waals surface area contributed by atoms with Crippen molar-refractivity contribution in [3.05, 3.63) is 36.7 Å². The Morgan fingerprint density at radius 3 is 2.87 bits per heavy atom. The van der Waals surface area contributed by atoms with Gasteiger partial charge in [0.15, 0.2) is 0 Å². The lowest BCUT2D eigenvalue weighted by Crippen LogP contribution is -2.63. The maximum atomic E-state index is 12.8. The topological polar surface area (TPSA) is 45.6 Å². The van der Waals surface area contributed by atoms with Gasteiger partial charge in [-0.15, -0.1) is 6.58 Å². The van der Waals surface area contributed by atoms with Gasteiger partial charge in [0.25, 0.3) is 5.91 Å². The Bertz CT molecular complexity index is 618. The van der Waals surface area contributed by atoms with Crippen molar-refractivity contribution in [2.75, 3.05) is 19.6 Å². The lowest BCUT2D eigenvalue weighted by atomic mass is 9.79. The molecular formula is C18H25N3O2. The number of aromatic nitrogens is 1. The number of piperidine rings is 2. The van der Waals surface area contributed by atoms with Crippen molar-refractivity contribution in [3.63, 3.8) is 0 Å². The number of rotatable bonds is 3. The van der Waals surface area contributed by atoms with E-state index in [1.54, 1.807) is 6.08 Å². The average molecular weight is 315 g/mol. The van der Waals surface area contributed by atoms with Crippen LogP contribution in [-0.4, -0.2) is 51.4 Å². The number of aryl methyl sites for hydroxylation is 1. The molecule has 0 aromatic carbocycles. The summed E-state index contributed by atoms with van der Waals surface area (Å²) in [4.78, 5) is 29.1. The van der Waals surface area contributed by atoms with Crippen LogP contribution in [0.2, 0.25) is 0 Å². The molecule has 5 heteroatoms. The highest BCUT2D eigenvalue weighted by atomic mass is 16.2. The molecule has 1 aromatic heterocycles. The smallest absolute Gasteiger partial charge is 0.270 e. The summed E-state index contributed by atoms with van der Waals surface area (Å²) in [5.74, 6) is 0.262. The molecule has 5 nitrogen and oxygen atoms in total. The van der Waals surface area contributed by atoms with Crippen molar-refractivity contribution in [2.45, 2.75) is 37.6 Å². The van der Waals surface area contributed by atoms with Crippen molar-refractivity contribution in [3.8, 4) is 0 Å². The van der Waals surface area contributed by atoms with Crippen LogP contribution in [0.4, 0.5) is 0 Å². The van der Waals surface area contributed by atoms with E-state index in [0.29, 0.717) is 25.2 Å². The molecule has 2 saturated heterocycles. The fourth-order valence-corrected chi connectivity index (χ4v) is 4.08. The third-order valence-electron chi connectivity index (χ3n) is 5.22. The van der Waals surface area contributed by atoms with Gasteiger partial charge in [0, 0.05) is 39.3 Å². The normalized spacial score (nSPS) is 25.0. The Morgan fingerprint density at radius 1 is 1.39 bits per heavy atom. The quantitative estimate of drug-likeness (QED) is 0.803. The first-order chi connectivity index (χ1) is 11.1. The Labute approximate surface area is 137 Å². The van der Waals surface area contributed by atoms with Gasteiger partial charge in [-0.2, -0.15) is 0 Å². The van der Waals surface area contributed by atoms with E-state index in [2.05, 4.69) is 6.58 Å². The summed E-state index contributed by atoms with van der Waals surface area (Å²) < 4.78 is 1.86. The molecule has 23 heavy (non-hydrogen) atoms. The largest absolute Gasteiger partial charge is 0.347 e. The van der Waals surface area contributed by atoms with Crippen LogP contribution in [0.15, 0.2) is 31.0 Å². The number of hydrogen-bond acceptors (Lipinski definition) is 2. The van der Waals surface area contributed by atoms with Crippen LogP contribution in [0.25, 0.3) is 0 Å². The van der Waals surface area contributed by atoms with Gasteiger partial charge in [-0.3, -0.25) is 9.59 Å². The van der Waals surface area contributed by atoms with E-state index < -0.39 is 0 Å². The molecule has 3 rings (SSSR count). The molecule has 2 aliphatic heterocycles. The SMILES string of the molecule is C=CCN1C(=O)CCC[C@]12CCCN(C(=O)c1cccn1C)C2. The summed E-state index contributed by atoms with van der Waals surface area (Å²) in [6.07, 6.45) is 8.11. The number of nitrogens with zero attached hydrogens (tertiary/aromatic N) is 3. The summed E-state index contributed by atoms with van der Waals surface area (Å²) in [6, 6.07) is 3.75. The third kappa shape index (κ3) is 2.80. The Morgan fingerprint density at radius 2 is 2.17 bits per heavy atom. The standard InChI is InChI=1S/C18H25N3O2/c1-3-11-21-16(22)8-4-9-18(21)10-6-13-20(14-18)17(23)15-7-5-12-19(15)2/h3,5,7,12H,1,4,6,8-11,13-14H2,2H3/t18-/m1/s1. The summed E-state index contributed by atoms with van der Waals surface area (Å²) in [5.41, 5.74) is 0.502. The molecule has 0 saturated carbocycles. The van der Waals surface area contributed by atoms with Crippen LogP contribution >= 0.6 is 0 Å². The highest BCUT2D eigenvalue weighted by Crippen LogP contribution is 2.37. The van der Waals surface area contributed by atoms with Crippen LogP contribution in [0.3, 0.4) is 0 Å². The van der Waals surface area contributed by atoms with Gasteiger partial charge in [0.1, 0.15) is 5.69 Å². The first-order valence-electron chi connectivity index (χ1n) is 8.39. The highest BCUT2D eigenvalue weighted by molar-refractivity contribution is 5.93. The first-order valence-corrected chi connectivity index (χ1v) is 8.39. The van der Waals surface area contributed by atoms with Gasteiger partial charge in [0.05, 0.1) is 5.54 Å². The van der Waals surface area contributed by atoms with Gasteiger partial charge in [-0.05, 0) is 37.8 Å². The molecule has 2 aliphatic rings. The molecule has 1 aromatic rings. The summed E-state index contributed by atoms with van der Waals surface area (Å²) >= 11 is 0.